The molecule has 2 atom stereocenters. The molecule has 1 fully saturated rings. The molecule has 4 rings (SSSR count). The zero-order chi connectivity index (χ0) is 22.9. The van der Waals surface area contributed by atoms with Gasteiger partial charge in [-0.2, -0.15) is 0 Å². The Balaban J connectivity index is 1.52. The summed E-state index contributed by atoms with van der Waals surface area (Å²) in [5.41, 5.74) is 4.04. The molecule has 1 saturated heterocycles. The van der Waals surface area contributed by atoms with Crippen LogP contribution in [0.5, 0.6) is 0 Å². The van der Waals surface area contributed by atoms with E-state index in [9.17, 15) is 9.18 Å². The third kappa shape index (κ3) is 4.26. The number of aryl methyl sites for hydroxylation is 2. The maximum absolute atomic E-state index is 13.5. The zero-order valence-corrected chi connectivity index (χ0v) is 19.7. The molecule has 0 radical (unpaired) electrons. The van der Waals surface area contributed by atoms with Crippen LogP contribution in [0.2, 0.25) is 0 Å². The summed E-state index contributed by atoms with van der Waals surface area (Å²) in [5, 5.41) is 1.07. The average Bonchev–Trinajstić information content (AvgIpc) is 3.12. The molecule has 2 aromatic carbocycles. The number of rotatable bonds is 6. The molecule has 0 saturated carbocycles. The van der Waals surface area contributed by atoms with E-state index in [2.05, 4.69) is 42.8 Å². The van der Waals surface area contributed by atoms with E-state index >= 15 is 0 Å². The van der Waals surface area contributed by atoms with Gasteiger partial charge in [0.05, 0.1) is 21.6 Å². The van der Waals surface area contributed by atoms with Crippen LogP contribution in [0.4, 0.5) is 4.39 Å². The Hall–Kier alpha value is -2.79. The van der Waals surface area contributed by atoms with Crippen LogP contribution in [0.15, 0.2) is 61.2 Å². The van der Waals surface area contributed by atoms with Gasteiger partial charge in [-0.15, -0.1) is 17.9 Å². The second kappa shape index (κ2) is 8.99. The smallest absolute Gasteiger partial charge is 0.223 e. The number of nitrogens with zero attached hydrogens (tertiary/aromatic N) is 2. The van der Waals surface area contributed by atoms with Crippen LogP contribution in [-0.4, -0.2) is 22.3 Å². The maximum Gasteiger partial charge on any atom is 0.223 e. The molecular weight excluding hydrogens is 419 g/mol. The molecule has 0 spiro atoms. The standard InChI is InChI=1S/C27H29FN2OS/c1-5-14-27(23-10-12-24(28)13-11-23)15-16-30(25(31)17-27)19(3)21-6-8-22(9-7-21)26-18(2)29-20(4)32-26/h5-13,19H,1,14-17H2,2-4H3/t19-,27?/m0/s1. The molecule has 0 bridgehead atoms. The molecule has 32 heavy (non-hydrogen) atoms. The Bertz CT molecular complexity index is 1120. The summed E-state index contributed by atoms with van der Waals surface area (Å²) in [4.78, 5) is 21.0. The molecule has 3 aromatic rings. The lowest BCUT2D eigenvalue weighted by molar-refractivity contribution is -0.138. The average molecular weight is 449 g/mol. The van der Waals surface area contributed by atoms with Crippen molar-refractivity contribution in [2.75, 3.05) is 6.54 Å². The van der Waals surface area contributed by atoms with E-state index in [4.69, 9.17) is 0 Å². The van der Waals surface area contributed by atoms with E-state index in [0.717, 1.165) is 33.8 Å². The summed E-state index contributed by atoms with van der Waals surface area (Å²) in [6, 6.07) is 15.1. The molecule has 1 aromatic heterocycles. The maximum atomic E-state index is 13.5. The zero-order valence-electron chi connectivity index (χ0n) is 18.9. The van der Waals surface area contributed by atoms with Crippen LogP contribution < -0.4 is 0 Å². The molecule has 166 valence electrons. The number of hydrogen-bond acceptors (Lipinski definition) is 3. The minimum Gasteiger partial charge on any atom is -0.336 e. The summed E-state index contributed by atoms with van der Waals surface area (Å²) in [5.74, 6) is -0.125. The minimum absolute atomic E-state index is 0.00390. The molecule has 5 heteroatoms. The van der Waals surface area contributed by atoms with Gasteiger partial charge in [0.2, 0.25) is 5.91 Å². The fraction of sp³-hybridized carbons (Fsp3) is 0.333. The van der Waals surface area contributed by atoms with Crippen molar-refractivity contribution in [2.45, 2.75) is 51.5 Å². The van der Waals surface area contributed by atoms with E-state index in [0.29, 0.717) is 19.4 Å². The number of thiazole rings is 1. The summed E-state index contributed by atoms with van der Waals surface area (Å²) < 4.78 is 13.5. The summed E-state index contributed by atoms with van der Waals surface area (Å²) in [6.07, 6.45) is 3.82. The first-order valence-corrected chi connectivity index (χ1v) is 11.9. The Morgan fingerprint density at radius 3 is 2.44 bits per heavy atom. The van der Waals surface area contributed by atoms with E-state index in [1.807, 2.05) is 37.0 Å². The van der Waals surface area contributed by atoms with E-state index in [1.54, 1.807) is 11.3 Å². The van der Waals surface area contributed by atoms with Gasteiger partial charge >= 0.3 is 0 Å². The van der Waals surface area contributed by atoms with Crippen molar-refractivity contribution in [1.29, 1.82) is 0 Å². The molecule has 1 unspecified atom stereocenters. The van der Waals surface area contributed by atoms with E-state index < -0.39 is 0 Å². The van der Waals surface area contributed by atoms with Crippen LogP contribution >= 0.6 is 11.3 Å². The van der Waals surface area contributed by atoms with Gasteiger partial charge in [0.1, 0.15) is 5.82 Å². The van der Waals surface area contributed by atoms with Crippen molar-refractivity contribution in [1.82, 2.24) is 9.88 Å². The fourth-order valence-electron chi connectivity index (χ4n) is 4.86. The molecular formula is C27H29FN2OS. The third-order valence-corrected chi connectivity index (χ3v) is 7.78. The Morgan fingerprint density at radius 2 is 1.88 bits per heavy atom. The van der Waals surface area contributed by atoms with Crippen molar-refractivity contribution < 1.29 is 9.18 Å². The van der Waals surface area contributed by atoms with E-state index in [-0.39, 0.29) is 23.2 Å². The number of hydrogen-bond donors (Lipinski definition) is 0. The first-order valence-electron chi connectivity index (χ1n) is 11.0. The van der Waals surface area contributed by atoms with Crippen molar-refractivity contribution in [2.24, 2.45) is 0 Å². The predicted octanol–water partition coefficient (Wildman–Crippen LogP) is 6.76. The Labute approximate surface area is 193 Å². The second-order valence-electron chi connectivity index (χ2n) is 8.74. The minimum atomic E-state index is -0.311. The van der Waals surface area contributed by atoms with Crippen molar-refractivity contribution in [3.8, 4) is 10.4 Å². The van der Waals surface area contributed by atoms with Gasteiger partial charge < -0.3 is 4.90 Å². The normalized spacial score (nSPS) is 19.8. The predicted molar refractivity (Wildman–Crippen MR) is 129 cm³/mol. The van der Waals surface area contributed by atoms with E-state index in [1.165, 1.54) is 17.0 Å². The number of amides is 1. The van der Waals surface area contributed by atoms with Crippen LogP contribution in [0.1, 0.15) is 54.1 Å². The SMILES string of the molecule is C=CCC1(c2ccc(F)cc2)CCN([C@@H](C)c2ccc(-c3sc(C)nc3C)cc2)C(=O)C1. The number of allylic oxidation sites excluding steroid dienone is 1. The van der Waals surface area contributed by atoms with Crippen LogP contribution in [-0.2, 0) is 10.2 Å². The second-order valence-corrected chi connectivity index (χ2v) is 9.94. The highest BCUT2D eigenvalue weighted by molar-refractivity contribution is 7.15. The Morgan fingerprint density at radius 1 is 1.19 bits per heavy atom. The van der Waals surface area contributed by atoms with Gasteiger partial charge in [-0.05, 0) is 62.4 Å². The van der Waals surface area contributed by atoms with Gasteiger partial charge in [0.15, 0.2) is 0 Å². The van der Waals surface area contributed by atoms with Crippen LogP contribution in [0.3, 0.4) is 0 Å². The summed E-state index contributed by atoms with van der Waals surface area (Å²) >= 11 is 1.71. The lowest BCUT2D eigenvalue weighted by Gasteiger charge is -2.43. The Kier molecular flexibility index (Phi) is 6.29. The highest BCUT2D eigenvalue weighted by Crippen LogP contribution is 2.41. The summed E-state index contributed by atoms with van der Waals surface area (Å²) in [6.45, 7) is 10.7. The molecule has 1 aliphatic heterocycles. The topological polar surface area (TPSA) is 33.2 Å². The first-order chi connectivity index (χ1) is 15.3. The van der Waals surface area contributed by atoms with Gasteiger partial charge in [-0.3, -0.25) is 4.79 Å². The number of carbonyl (C=O) groups excluding carboxylic acids is 1. The number of likely N-dealkylation sites (tertiary alicyclic amines) is 1. The monoisotopic (exact) mass is 448 g/mol. The molecule has 0 aliphatic carbocycles. The highest BCUT2D eigenvalue weighted by atomic mass is 32.1. The fourth-order valence-corrected chi connectivity index (χ4v) is 5.78. The largest absolute Gasteiger partial charge is 0.336 e. The molecule has 1 amide bonds. The lowest BCUT2D eigenvalue weighted by atomic mass is 9.70. The van der Waals surface area contributed by atoms with Gasteiger partial charge in [0.25, 0.3) is 0 Å². The highest BCUT2D eigenvalue weighted by Gasteiger charge is 2.40. The van der Waals surface area contributed by atoms with Gasteiger partial charge in [-0.25, -0.2) is 9.37 Å². The lowest BCUT2D eigenvalue weighted by Crippen LogP contribution is -2.47. The van der Waals surface area contributed by atoms with Crippen molar-refractivity contribution >= 4 is 17.2 Å². The van der Waals surface area contributed by atoms with Gasteiger partial charge in [-0.1, -0.05) is 42.5 Å². The van der Waals surface area contributed by atoms with Crippen LogP contribution in [0, 0.1) is 19.7 Å². The van der Waals surface area contributed by atoms with Crippen molar-refractivity contribution in [3.63, 3.8) is 0 Å². The molecule has 1 aliphatic rings. The van der Waals surface area contributed by atoms with Crippen molar-refractivity contribution in [3.05, 3.63) is 88.8 Å². The molecule has 0 N–H and O–H groups in total. The number of piperidine rings is 1. The number of aromatic nitrogens is 1. The number of benzene rings is 2. The molecule has 3 nitrogen and oxygen atoms in total. The summed E-state index contributed by atoms with van der Waals surface area (Å²) in [7, 11) is 0. The molecule has 2 heterocycles. The quantitative estimate of drug-likeness (QED) is 0.390. The first kappa shape index (κ1) is 22.4. The third-order valence-electron chi connectivity index (χ3n) is 6.66. The van der Waals surface area contributed by atoms with Crippen LogP contribution in [0.25, 0.3) is 10.4 Å². The number of carbonyl (C=O) groups is 1. The van der Waals surface area contributed by atoms with Gasteiger partial charge in [0, 0.05) is 18.4 Å². The number of halogens is 1.